The quantitative estimate of drug-likeness (QED) is 0.616. The maximum absolute atomic E-state index is 10.8. The van der Waals surface area contributed by atoms with E-state index in [1.807, 2.05) is 6.07 Å². The van der Waals surface area contributed by atoms with E-state index in [0.29, 0.717) is 23.5 Å². The van der Waals surface area contributed by atoms with Crippen LogP contribution < -0.4 is 5.32 Å². The van der Waals surface area contributed by atoms with Crippen LogP contribution in [0.3, 0.4) is 0 Å². The molecule has 0 bridgehead atoms. The number of nitro groups is 1. The molecule has 1 aromatic carbocycles. The number of rotatable bonds is 7. The number of nitrogens with zero attached hydrogens (tertiary/aromatic N) is 1. The summed E-state index contributed by atoms with van der Waals surface area (Å²) in [6.45, 7) is 5.42. The Morgan fingerprint density at radius 2 is 2.11 bits per heavy atom. The Kier molecular flexibility index (Phi) is 6.41. The van der Waals surface area contributed by atoms with E-state index in [9.17, 15) is 10.1 Å². The lowest BCUT2D eigenvalue weighted by Gasteiger charge is -2.21. The molecule has 1 unspecified atom stereocenters. The molecule has 0 radical (unpaired) electrons. The van der Waals surface area contributed by atoms with E-state index < -0.39 is 0 Å². The Labute approximate surface area is 121 Å². The molecule has 0 spiro atoms. The van der Waals surface area contributed by atoms with Crippen LogP contribution in [0.1, 0.15) is 19.4 Å². The van der Waals surface area contributed by atoms with Crippen LogP contribution >= 0.6 is 15.9 Å². The van der Waals surface area contributed by atoms with Gasteiger partial charge in [0.05, 0.1) is 11.5 Å². The summed E-state index contributed by atoms with van der Waals surface area (Å²) in [5.74, 6) is 0.432. The third-order valence-electron chi connectivity index (χ3n) is 2.87. The van der Waals surface area contributed by atoms with E-state index in [1.165, 1.54) is 6.07 Å². The molecule has 106 valence electrons. The second kappa shape index (κ2) is 7.57. The standard InChI is InChI=1S/C13H19BrN2O3/c1-9(2)13(8-19-3)15-7-10-4-11(14)6-12(5-10)16(17)18/h4-6,9,13,15H,7-8H2,1-3H3. The average Bonchev–Trinajstić information content (AvgIpc) is 2.33. The Bertz CT molecular complexity index is 438. The highest BCUT2D eigenvalue weighted by atomic mass is 79.9. The fourth-order valence-electron chi connectivity index (χ4n) is 1.76. The van der Waals surface area contributed by atoms with Crippen LogP contribution in [0.4, 0.5) is 5.69 Å². The fourth-order valence-corrected chi connectivity index (χ4v) is 2.28. The molecule has 0 heterocycles. The van der Waals surface area contributed by atoms with Crippen molar-refractivity contribution in [1.29, 1.82) is 0 Å². The number of nitrogens with one attached hydrogen (secondary N) is 1. The van der Waals surface area contributed by atoms with Crippen molar-refractivity contribution in [2.24, 2.45) is 5.92 Å². The Morgan fingerprint density at radius 3 is 2.63 bits per heavy atom. The molecular formula is C13H19BrN2O3. The van der Waals surface area contributed by atoms with Crippen molar-refractivity contribution in [2.45, 2.75) is 26.4 Å². The zero-order valence-corrected chi connectivity index (χ0v) is 12.9. The van der Waals surface area contributed by atoms with E-state index in [0.717, 1.165) is 5.56 Å². The molecule has 1 atom stereocenters. The number of hydrogen-bond donors (Lipinski definition) is 1. The Morgan fingerprint density at radius 1 is 1.42 bits per heavy atom. The first-order valence-corrected chi connectivity index (χ1v) is 6.89. The lowest BCUT2D eigenvalue weighted by atomic mass is 10.0. The normalized spacial score (nSPS) is 12.7. The largest absolute Gasteiger partial charge is 0.383 e. The lowest BCUT2D eigenvalue weighted by Crippen LogP contribution is -2.37. The summed E-state index contributed by atoms with van der Waals surface area (Å²) in [6.07, 6.45) is 0. The van der Waals surface area contributed by atoms with Gasteiger partial charge in [-0.3, -0.25) is 10.1 Å². The van der Waals surface area contributed by atoms with Crippen LogP contribution in [0, 0.1) is 16.0 Å². The number of ether oxygens (including phenoxy) is 1. The maximum atomic E-state index is 10.8. The first-order valence-electron chi connectivity index (χ1n) is 6.10. The van der Waals surface area contributed by atoms with Crippen molar-refractivity contribution in [2.75, 3.05) is 13.7 Å². The van der Waals surface area contributed by atoms with Crippen LogP contribution in [0.25, 0.3) is 0 Å². The third kappa shape index (κ3) is 5.26. The molecule has 0 aromatic heterocycles. The minimum Gasteiger partial charge on any atom is -0.383 e. The van der Waals surface area contributed by atoms with Crippen LogP contribution in [-0.2, 0) is 11.3 Å². The molecule has 6 heteroatoms. The number of nitro benzene ring substituents is 1. The van der Waals surface area contributed by atoms with Gasteiger partial charge in [-0.05, 0) is 17.5 Å². The van der Waals surface area contributed by atoms with Gasteiger partial charge in [0.2, 0.25) is 0 Å². The summed E-state index contributed by atoms with van der Waals surface area (Å²) in [5.41, 5.74) is 0.974. The maximum Gasteiger partial charge on any atom is 0.270 e. The van der Waals surface area contributed by atoms with Gasteiger partial charge in [-0.25, -0.2) is 0 Å². The van der Waals surface area contributed by atoms with Crippen molar-refractivity contribution in [3.63, 3.8) is 0 Å². The minimum atomic E-state index is -0.386. The van der Waals surface area contributed by atoms with Gasteiger partial charge in [0.25, 0.3) is 5.69 Å². The third-order valence-corrected chi connectivity index (χ3v) is 3.33. The van der Waals surface area contributed by atoms with Crippen LogP contribution in [0.5, 0.6) is 0 Å². The highest BCUT2D eigenvalue weighted by Crippen LogP contribution is 2.21. The van der Waals surface area contributed by atoms with E-state index in [1.54, 1.807) is 13.2 Å². The lowest BCUT2D eigenvalue weighted by molar-refractivity contribution is -0.385. The predicted molar refractivity (Wildman–Crippen MR) is 78.1 cm³/mol. The molecule has 1 N–H and O–H groups in total. The average molecular weight is 331 g/mol. The van der Waals surface area contributed by atoms with Crippen molar-refractivity contribution in [3.05, 3.63) is 38.3 Å². The van der Waals surface area contributed by atoms with Crippen molar-refractivity contribution in [1.82, 2.24) is 5.32 Å². The van der Waals surface area contributed by atoms with E-state index in [2.05, 4.69) is 35.1 Å². The van der Waals surface area contributed by atoms with Crippen LogP contribution in [0.2, 0.25) is 0 Å². The molecule has 0 amide bonds. The molecule has 0 saturated carbocycles. The number of hydrogen-bond acceptors (Lipinski definition) is 4. The molecule has 1 aromatic rings. The monoisotopic (exact) mass is 330 g/mol. The molecular weight excluding hydrogens is 312 g/mol. The topological polar surface area (TPSA) is 64.4 Å². The number of non-ortho nitro benzene ring substituents is 1. The SMILES string of the molecule is COCC(NCc1cc(Br)cc([N+](=O)[O-])c1)C(C)C. The molecule has 5 nitrogen and oxygen atoms in total. The summed E-state index contributed by atoms with van der Waals surface area (Å²) < 4.78 is 5.87. The van der Waals surface area contributed by atoms with Crippen LogP contribution in [0.15, 0.2) is 22.7 Å². The smallest absolute Gasteiger partial charge is 0.270 e. The van der Waals surface area contributed by atoms with Gasteiger partial charge in [-0.15, -0.1) is 0 Å². The summed E-state index contributed by atoms with van der Waals surface area (Å²) in [6, 6.07) is 5.19. The van der Waals surface area contributed by atoms with Gasteiger partial charge in [0.1, 0.15) is 0 Å². The number of methoxy groups -OCH3 is 1. The molecule has 0 aliphatic rings. The predicted octanol–water partition coefficient (Wildman–Crippen LogP) is 3.12. The summed E-state index contributed by atoms with van der Waals surface area (Å²) >= 11 is 3.29. The first-order chi connectivity index (χ1) is 8.93. The highest BCUT2D eigenvalue weighted by Gasteiger charge is 2.14. The summed E-state index contributed by atoms with van der Waals surface area (Å²) in [5, 5.41) is 14.2. The van der Waals surface area contributed by atoms with Crippen molar-refractivity contribution < 1.29 is 9.66 Å². The van der Waals surface area contributed by atoms with Gasteiger partial charge in [0, 0.05) is 36.3 Å². The van der Waals surface area contributed by atoms with Gasteiger partial charge < -0.3 is 10.1 Å². The fraction of sp³-hybridized carbons (Fsp3) is 0.538. The zero-order valence-electron chi connectivity index (χ0n) is 11.4. The first kappa shape index (κ1) is 16.1. The molecule has 0 saturated heterocycles. The second-order valence-electron chi connectivity index (χ2n) is 4.76. The van der Waals surface area contributed by atoms with Crippen LogP contribution in [-0.4, -0.2) is 24.7 Å². The molecule has 1 rings (SSSR count). The number of halogens is 1. The summed E-state index contributed by atoms with van der Waals surface area (Å²) in [4.78, 5) is 10.4. The Balaban J connectivity index is 2.73. The van der Waals surface area contributed by atoms with E-state index >= 15 is 0 Å². The van der Waals surface area contributed by atoms with E-state index in [4.69, 9.17) is 4.74 Å². The van der Waals surface area contributed by atoms with E-state index in [-0.39, 0.29) is 16.7 Å². The van der Waals surface area contributed by atoms with Gasteiger partial charge in [-0.1, -0.05) is 29.8 Å². The minimum absolute atomic E-state index is 0.0963. The van der Waals surface area contributed by atoms with Crippen molar-refractivity contribution in [3.8, 4) is 0 Å². The Hall–Kier alpha value is -0.980. The van der Waals surface area contributed by atoms with Gasteiger partial charge in [0.15, 0.2) is 0 Å². The second-order valence-corrected chi connectivity index (χ2v) is 5.68. The molecule has 0 fully saturated rings. The zero-order chi connectivity index (χ0) is 14.4. The highest BCUT2D eigenvalue weighted by molar-refractivity contribution is 9.10. The van der Waals surface area contributed by atoms with Crippen molar-refractivity contribution >= 4 is 21.6 Å². The molecule has 0 aliphatic heterocycles. The van der Waals surface area contributed by atoms with Gasteiger partial charge in [-0.2, -0.15) is 0 Å². The molecule has 0 aliphatic carbocycles. The molecule has 19 heavy (non-hydrogen) atoms. The number of benzene rings is 1. The van der Waals surface area contributed by atoms with Gasteiger partial charge >= 0.3 is 0 Å². The summed E-state index contributed by atoms with van der Waals surface area (Å²) in [7, 11) is 1.67.